The molecule has 3 nitrogen and oxygen atoms in total. The monoisotopic (exact) mass is 250 g/mol. The average Bonchev–Trinajstić information content (AvgIpc) is 2.06. The first kappa shape index (κ1) is 13.0. The Balaban J connectivity index is 2.72. The topological polar surface area (TPSA) is 35.5 Å². The van der Waals surface area contributed by atoms with Crippen molar-refractivity contribution < 1.29 is 22.7 Å². The lowest BCUT2D eigenvalue weighted by molar-refractivity contribution is -0.138. The van der Waals surface area contributed by atoms with Gasteiger partial charge in [-0.15, -0.1) is 10.2 Å². The number of aliphatic hydroxyl groups excluding tert-OH is 1. The first-order valence-electron chi connectivity index (χ1n) is 4.39. The fourth-order valence-electron chi connectivity index (χ4n) is 1.43. The van der Waals surface area contributed by atoms with Crippen molar-refractivity contribution in [2.45, 2.75) is 12.0 Å². The first-order valence-corrected chi connectivity index (χ1v) is 6.42. The summed E-state index contributed by atoms with van der Waals surface area (Å²) in [5.41, 5.74) is -2.42. The fraction of sp³-hybridized carbons (Fsp3) is 1.00. The van der Waals surface area contributed by atoms with Crippen molar-refractivity contribution in [2.24, 2.45) is 0 Å². The molecule has 1 saturated heterocycles. The normalized spacial score (nSPS) is 27.3. The molecule has 1 heterocycles. The molecule has 1 unspecified atom stereocenters. The Morgan fingerprint density at radius 2 is 1.80 bits per heavy atom. The summed E-state index contributed by atoms with van der Waals surface area (Å²) in [4.78, 5) is 1.81. The van der Waals surface area contributed by atoms with Gasteiger partial charge >= 0.3 is 6.30 Å². The second kappa shape index (κ2) is 4.44. The summed E-state index contributed by atoms with van der Waals surface area (Å²) in [6.45, 7) is 0.721. The largest absolute Gasteiger partial charge is 0.465 e. The van der Waals surface area contributed by atoms with Crippen LogP contribution in [0.3, 0.4) is 0 Å². The van der Waals surface area contributed by atoms with Crippen LogP contribution >= 0.6 is 10.2 Å². The van der Waals surface area contributed by atoms with Crippen LogP contribution in [0.5, 0.6) is 0 Å². The molecule has 0 aromatic heterocycles. The second-order valence-electron chi connectivity index (χ2n) is 3.55. The maximum absolute atomic E-state index is 12.9. The summed E-state index contributed by atoms with van der Waals surface area (Å²) in [6, 6.07) is 0. The van der Waals surface area contributed by atoms with Gasteiger partial charge in [0.2, 0.25) is 5.69 Å². The maximum atomic E-state index is 12.9. The van der Waals surface area contributed by atoms with E-state index in [1.165, 1.54) is 4.72 Å². The van der Waals surface area contributed by atoms with E-state index in [-0.39, 0.29) is 11.5 Å². The lowest BCUT2D eigenvalue weighted by Crippen LogP contribution is -2.48. The molecule has 0 aliphatic carbocycles. The predicted octanol–water partition coefficient (Wildman–Crippen LogP) is 1.01. The van der Waals surface area contributed by atoms with Gasteiger partial charge in [-0.25, -0.2) is 4.39 Å². The Morgan fingerprint density at radius 3 is 2.13 bits per heavy atom. The molecule has 0 radical (unpaired) electrons. The molecule has 1 fully saturated rings. The zero-order chi connectivity index (χ0) is 11.7. The van der Waals surface area contributed by atoms with Gasteiger partial charge in [0.1, 0.15) is 0 Å². The zero-order valence-corrected chi connectivity index (χ0v) is 9.04. The summed E-state index contributed by atoms with van der Waals surface area (Å²) < 4.78 is 50.7. The molecule has 2 N–H and O–H groups in total. The number of alkyl halides is 4. The Labute approximate surface area is 86.9 Å². The molecule has 0 saturated carbocycles. The van der Waals surface area contributed by atoms with Crippen LogP contribution in [0.1, 0.15) is 0 Å². The van der Waals surface area contributed by atoms with E-state index in [0.29, 0.717) is 13.1 Å². The van der Waals surface area contributed by atoms with Crippen LogP contribution in [0, 0.1) is 0 Å². The highest BCUT2D eigenvalue weighted by Gasteiger charge is 2.44. The van der Waals surface area contributed by atoms with E-state index in [1.54, 1.807) is 7.05 Å². The van der Waals surface area contributed by atoms with Gasteiger partial charge in [-0.3, -0.25) is 0 Å². The van der Waals surface area contributed by atoms with Crippen LogP contribution in [0.2, 0.25) is 0 Å². The van der Waals surface area contributed by atoms with Gasteiger partial charge in [0, 0.05) is 24.6 Å². The third-order valence-electron chi connectivity index (χ3n) is 2.37. The number of halogens is 4. The molecule has 1 atom stereocenters. The summed E-state index contributed by atoms with van der Waals surface area (Å²) in [7, 11) is -1.08. The molecule has 8 heteroatoms. The van der Waals surface area contributed by atoms with Crippen molar-refractivity contribution >= 4 is 10.2 Å². The van der Waals surface area contributed by atoms with Gasteiger partial charge in [-0.05, 0) is 7.05 Å². The average molecular weight is 250 g/mol. The Bertz CT molecular complexity index is 216. The van der Waals surface area contributed by atoms with Crippen molar-refractivity contribution in [2.75, 3.05) is 31.6 Å². The summed E-state index contributed by atoms with van der Waals surface area (Å²) in [5.74, 6) is 0.0291. The van der Waals surface area contributed by atoms with Crippen molar-refractivity contribution in [1.82, 2.24) is 9.62 Å². The van der Waals surface area contributed by atoms with Crippen LogP contribution in [-0.2, 0) is 0 Å². The molecule has 15 heavy (non-hydrogen) atoms. The van der Waals surface area contributed by atoms with Crippen LogP contribution < -0.4 is 4.72 Å². The lowest BCUT2D eigenvalue weighted by atomic mass is 10.6. The number of hydrogen-bond acceptors (Lipinski definition) is 3. The Kier molecular flexibility index (Phi) is 3.85. The minimum absolute atomic E-state index is 0.0146. The van der Waals surface area contributed by atoms with E-state index in [4.69, 9.17) is 5.11 Å². The highest BCUT2D eigenvalue weighted by atomic mass is 32.3. The van der Waals surface area contributed by atoms with Gasteiger partial charge in [-0.1, -0.05) is 0 Å². The van der Waals surface area contributed by atoms with Gasteiger partial charge in [-0.2, -0.15) is 17.9 Å². The molecule has 1 aliphatic heterocycles. The molecule has 1 rings (SSSR count). The smallest absolute Gasteiger partial charge is 0.356 e. The zero-order valence-electron chi connectivity index (χ0n) is 8.22. The van der Waals surface area contributed by atoms with Gasteiger partial charge in [0.15, 0.2) is 0 Å². The molecule has 0 spiro atoms. The van der Waals surface area contributed by atoms with Gasteiger partial charge < -0.3 is 10.0 Å². The highest BCUT2D eigenvalue weighted by molar-refractivity contribution is 8.32. The van der Waals surface area contributed by atoms with Crippen molar-refractivity contribution in [1.29, 1.82) is 0 Å². The number of nitrogens with one attached hydrogen (secondary N) is 1. The maximum Gasteiger partial charge on any atom is 0.465 e. The van der Waals surface area contributed by atoms with E-state index < -0.39 is 22.2 Å². The standard InChI is InChI=1S/C7H14F4N2OS/c1-13-2-4-15(5-3-13,6(8)14)12-7(9,10)11/h6,12,14H,2-5H2,1H3. The van der Waals surface area contributed by atoms with Crippen LogP contribution in [0.25, 0.3) is 0 Å². The van der Waals surface area contributed by atoms with E-state index in [2.05, 4.69) is 0 Å². The minimum Gasteiger partial charge on any atom is -0.356 e. The molecule has 0 bridgehead atoms. The third-order valence-corrected chi connectivity index (χ3v) is 5.57. The number of hydrogen-bond donors (Lipinski definition) is 2. The number of aliphatic hydroxyl groups is 1. The van der Waals surface area contributed by atoms with E-state index in [1.807, 2.05) is 4.90 Å². The molecule has 92 valence electrons. The van der Waals surface area contributed by atoms with Gasteiger partial charge in [0.25, 0.3) is 0 Å². The van der Waals surface area contributed by atoms with E-state index in [0.717, 1.165) is 0 Å². The van der Waals surface area contributed by atoms with Gasteiger partial charge in [0.05, 0.1) is 0 Å². The Morgan fingerprint density at radius 1 is 1.33 bits per heavy atom. The van der Waals surface area contributed by atoms with Crippen LogP contribution in [-0.4, -0.2) is 53.6 Å². The molecular weight excluding hydrogens is 236 g/mol. The highest BCUT2D eigenvalue weighted by Crippen LogP contribution is 2.51. The lowest BCUT2D eigenvalue weighted by Gasteiger charge is -2.46. The van der Waals surface area contributed by atoms with Crippen molar-refractivity contribution in [3.05, 3.63) is 0 Å². The third kappa shape index (κ3) is 3.47. The molecule has 1 aliphatic rings. The summed E-state index contributed by atoms with van der Waals surface area (Å²) in [6.07, 6.45) is -4.64. The fourth-order valence-corrected chi connectivity index (χ4v) is 4.06. The quantitative estimate of drug-likeness (QED) is 0.567. The SMILES string of the molecule is CN1CCS(NC(F)(F)F)(C(O)F)CC1. The van der Waals surface area contributed by atoms with Crippen LogP contribution in [0.15, 0.2) is 0 Å². The minimum atomic E-state index is -4.64. The molecule has 0 aromatic carbocycles. The first-order chi connectivity index (χ1) is 6.75. The number of rotatable bonds is 2. The molecule has 0 amide bonds. The van der Waals surface area contributed by atoms with Crippen LogP contribution in [0.4, 0.5) is 17.6 Å². The predicted molar refractivity (Wildman–Crippen MR) is 51.1 cm³/mol. The summed E-state index contributed by atoms with van der Waals surface area (Å²) >= 11 is 0. The van der Waals surface area contributed by atoms with Crippen molar-refractivity contribution in [3.63, 3.8) is 0 Å². The second-order valence-corrected chi connectivity index (χ2v) is 6.84. The van der Waals surface area contributed by atoms with E-state index in [9.17, 15) is 17.6 Å². The molecular formula is C7H14F4N2OS. The van der Waals surface area contributed by atoms with E-state index >= 15 is 0 Å². The Hall–Kier alpha value is -0.0500. The number of nitrogens with zero attached hydrogens (tertiary/aromatic N) is 1. The summed E-state index contributed by atoms with van der Waals surface area (Å²) in [5, 5.41) is 8.87. The molecule has 0 aromatic rings. The van der Waals surface area contributed by atoms with Crippen molar-refractivity contribution in [3.8, 4) is 0 Å².